The third-order valence-electron chi connectivity index (χ3n) is 7.72. The van der Waals surface area contributed by atoms with E-state index in [1.807, 2.05) is 0 Å². The van der Waals surface area contributed by atoms with Crippen molar-refractivity contribution in [3.05, 3.63) is 0 Å². The number of hydrogen-bond donors (Lipinski definition) is 14. The van der Waals surface area contributed by atoms with Gasteiger partial charge in [0.05, 0.1) is 26.4 Å². The van der Waals surface area contributed by atoms with E-state index in [1.54, 1.807) is 0 Å². The molecule has 19 atom stereocenters. The van der Waals surface area contributed by atoms with Crippen LogP contribution in [0.25, 0.3) is 0 Å². The van der Waals surface area contributed by atoms with Crippen LogP contribution in [-0.2, 0) is 33.2 Å². The van der Waals surface area contributed by atoms with Gasteiger partial charge in [-0.15, -0.1) is 0 Å². The molecule has 3 aliphatic rings. The van der Waals surface area contributed by atoms with Crippen molar-refractivity contribution < 1.29 is 105 Å². The summed E-state index contributed by atoms with van der Waals surface area (Å²) >= 11 is 0. The van der Waals surface area contributed by atoms with E-state index in [0.717, 1.165) is 0 Å². The van der Waals surface area contributed by atoms with E-state index >= 15 is 0 Å². The minimum Gasteiger partial charge on any atom is -0.394 e. The van der Waals surface area contributed by atoms with E-state index < -0.39 is 143 Å². The Hall–Kier alpha value is -1.13. The number of rotatable bonds is 14. The largest absolute Gasteiger partial charge is 0.394 e. The van der Waals surface area contributed by atoms with Gasteiger partial charge in [-0.05, 0) is 0 Å². The summed E-state index contributed by atoms with van der Waals surface area (Å²) in [5.74, 6) is 0. The molecule has 0 unspecified atom stereocenters. The summed E-state index contributed by atoms with van der Waals surface area (Å²) < 4.78 is 32.0. The maximum atomic E-state index is 10.9. The maximum Gasteiger partial charge on any atom is 0.187 e. The first kappa shape index (κ1) is 38.3. The number of hydrogen-bond acceptors (Lipinski definition) is 21. The van der Waals surface area contributed by atoms with Gasteiger partial charge in [0.15, 0.2) is 25.2 Å². The van der Waals surface area contributed by atoms with Gasteiger partial charge in [0.1, 0.15) is 97.7 Å². The van der Waals surface area contributed by atoms with Crippen LogP contribution in [0.15, 0.2) is 0 Å². The fourth-order valence-electron chi connectivity index (χ4n) is 4.88. The molecule has 3 saturated heterocycles. The summed E-state index contributed by atoms with van der Waals surface area (Å²) in [5, 5.41) is 141. The van der Waals surface area contributed by atoms with Crippen LogP contribution in [-0.4, -0.2) is 221 Å². The zero-order chi connectivity index (χ0) is 33.7. The molecule has 21 nitrogen and oxygen atoms in total. The molecule has 0 radical (unpaired) electrons. The maximum absolute atomic E-state index is 10.9. The Morgan fingerprint density at radius 2 is 0.978 bits per heavy atom. The summed E-state index contributed by atoms with van der Waals surface area (Å²) in [7, 11) is 0. The topological polar surface area (TPSA) is 356 Å². The monoisotopic (exact) mass is 666 g/mol. The van der Waals surface area contributed by atoms with Crippen LogP contribution >= 0.6 is 0 Å². The number of ether oxygens (including phenoxy) is 6. The Kier molecular flexibility index (Phi) is 14.3. The highest BCUT2D eigenvalue weighted by Gasteiger charge is 2.50. The van der Waals surface area contributed by atoms with Gasteiger partial charge >= 0.3 is 0 Å². The average Bonchev–Trinajstić information content (AvgIpc) is 3.04. The van der Waals surface area contributed by atoms with Gasteiger partial charge in [-0.1, -0.05) is 0 Å². The number of aldehydes is 1. The fourth-order valence-corrected chi connectivity index (χ4v) is 4.88. The van der Waals surface area contributed by atoms with Gasteiger partial charge in [0.25, 0.3) is 0 Å². The van der Waals surface area contributed by atoms with Crippen LogP contribution in [0.1, 0.15) is 0 Å². The summed E-state index contributed by atoms with van der Waals surface area (Å²) in [4.78, 5) is 10.9. The van der Waals surface area contributed by atoms with Gasteiger partial charge in [-0.2, -0.15) is 0 Å². The van der Waals surface area contributed by atoms with Crippen LogP contribution in [0.2, 0.25) is 0 Å². The first-order valence-electron chi connectivity index (χ1n) is 13.9. The quantitative estimate of drug-likeness (QED) is 0.0765. The van der Waals surface area contributed by atoms with Crippen LogP contribution in [0.5, 0.6) is 0 Å². The third-order valence-corrected chi connectivity index (χ3v) is 7.72. The normalized spacial score (nSPS) is 45.4. The summed E-state index contributed by atoms with van der Waals surface area (Å²) in [6.07, 6.45) is -34.8. The van der Waals surface area contributed by atoms with E-state index in [0.29, 0.717) is 0 Å². The molecular formula is C24H42O21. The zero-order valence-electron chi connectivity index (χ0n) is 23.5. The van der Waals surface area contributed by atoms with Crippen molar-refractivity contribution in [3.8, 4) is 0 Å². The molecule has 14 N–H and O–H groups in total. The van der Waals surface area contributed by atoms with Gasteiger partial charge in [0, 0.05) is 0 Å². The lowest BCUT2D eigenvalue weighted by Gasteiger charge is -2.44. The van der Waals surface area contributed by atoms with E-state index in [-0.39, 0.29) is 6.29 Å². The number of carbonyl (C=O) groups is 1. The van der Waals surface area contributed by atoms with Gasteiger partial charge in [-0.25, -0.2) is 0 Å². The zero-order valence-corrected chi connectivity index (χ0v) is 23.5. The van der Waals surface area contributed by atoms with Crippen molar-refractivity contribution in [2.45, 2.75) is 117 Å². The summed E-state index contributed by atoms with van der Waals surface area (Å²) in [6, 6.07) is 0. The van der Waals surface area contributed by atoms with Crippen molar-refractivity contribution >= 4 is 6.29 Å². The Labute approximate surface area is 254 Å². The number of aliphatic hydroxyl groups is 14. The highest BCUT2D eigenvalue weighted by molar-refractivity contribution is 5.56. The third kappa shape index (κ3) is 8.67. The molecule has 3 aliphatic heterocycles. The molecule has 0 spiro atoms. The SMILES string of the molecule is O=C[C@H](O)[C@@H](O)[C@H](O[C@H]1O[C@H](CO[C@H]2O[C@H](CO[C@H]3O[C@H](CO)[C@@H](O)[C@H](O)[C@H]3O)[C@@H](O)[C@H](O)[C@H]2O)[C@@H](O)[C@H](O)[C@H]1O)[C@H](O)CO. The summed E-state index contributed by atoms with van der Waals surface area (Å²) in [5.41, 5.74) is 0. The molecule has 45 heavy (non-hydrogen) atoms. The molecule has 0 aromatic carbocycles. The Balaban J connectivity index is 1.65. The smallest absolute Gasteiger partial charge is 0.187 e. The molecule has 3 rings (SSSR count). The second-order valence-electron chi connectivity index (χ2n) is 10.9. The molecule has 0 bridgehead atoms. The van der Waals surface area contributed by atoms with Crippen LogP contribution < -0.4 is 0 Å². The van der Waals surface area contributed by atoms with Crippen LogP contribution in [0, 0.1) is 0 Å². The minimum atomic E-state index is -2.14. The van der Waals surface area contributed by atoms with Crippen molar-refractivity contribution in [1.29, 1.82) is 0 Å². The highest BCUT2D eigenvalue weighted by Crippen LogP contribution is 2.29. The second kappa shape index (κ2) is 16.8. The van der Waals surface area contributed by atoms with E-state index in [2.05, 4.69) is 0 Å². The van der Waals surface area contributed by atoms with Gasteiger partial charge in [-0.3, -0.25) is 0 Å². The molecule has 264 valence electrons. The molecule has 3 fully saturated rings. The van der Waals surface area contributed by atoms with E-state index in [1.165, 1.54) is 0 Å². The van der Waals surface area contributed by atoms with E-state index in [9.17, 15) is 76.3 Å². The standard InChI is InChI=1S/C24H42O21/c25-1-6(28)11(30)21(7(29)2-26)45-24-20(39)17(36)14(33)10(44-24)5-41-23-19(38)16(35)13(32)9(43-23)4-40-22-18(37)15(34)12(31)8(3-27)42-22/h1,6-24,26-39H,2-5H2/t6-,7+,8+,9+,10+,11+,12+,13+,14+,15-,16-,17-,18+,19+,20+,21+,22-,23-,24+/m0/s1. The van der Waals surface area contributed by atoms with Crippen molar-refractivity contribution in [2.24, 2.45) is 0 Å². The molecule has 0 aliphatic carbocycles. The van der Waals surface area contributed by atoms with Gasteiger partial charge in [0.2, 0.25) is 0 Å². The highest BCUT2D eigenvalue weighted by atomic mass is 16.7. The number of carbonyl (C=O) groups excluding carboxylic acids is 1. The predicted molar refractivity (Wildman–Crippen MR) is 135 cm³/mol. The molecule has 0 aromatic heterocycles. The molecule has 3 heterocycles. The number of aliphatic hydroxyl groups excluding tert-OH is 14. The molecular weight excluding hydrogens is 624 g/mol. The van der Waals surface area contributed by atoms with Gasteiger partial charge < -0.3 is 105 Å². The Bertz CT molecular complexity index is 899. The summed E-state index contributed by atoms with van der Waals surface area (Å²) in [6.45, 7) is -3.23. The lowest BCUT2D eigenvalue weighted by atomic mass is 9.97. The lowest BCUT2D eigenvalue weighted by molar-refractivity contribution is -0.349. The Morgan fingerprint density at radius 3 is 1.40 bits per heavy atom. The molecule has 0 saturated carbocycles. The molecule has 0 aromatic rings. The first-order valence-corrected chi connectivity index (χ1v) is 13.9. The predicted octanol–water partition coefficient (Wildman–Crippen LogP) is -9.91. The Morgan fingerprint density at radius 1 is 0.578 bits per heavy atom. The molecule has 21 heteroatoms. The lowest BCUT2D eigenvalue weighted by Crippen LogP contribution is -2.63. The first-order chi connectivity index (χ1) is 21.2. The fraction of sp³-hybridized carbons (Fsp3) is 0.958. The van der Waals surface area contributed by atoms with Crippen molar-refractivity contribution in [3.63, 3.8) is 0 Å². The van der Waals surface area contributed by atoms with Crippen LogP contribution in [0.3, 0.4) is 0 Å². The minimum absolute atomic E-state index is 0.0957. The van der Waals surface area contributed by atoms with Crippen LogP contribution in [0.4, 0.5) is 0 Å². The average molecular weight is 667 g/mol. The second-order valence-corrected chi connectivity index (χ2v) is 10.9. The molecule has 0 amide bonds. The van der Waals surface area contributed by atoms with E-state index in [4.69, 9.17) is 28.4 Å². The van der Waals surface area contributed by atoms with Crippen molar-refractivity contribution in [2.75, 3.05) is 26.4 Å². The van der Waals surface area contributed by atoms with Crippen molar-refractivity contribution in [1.82, 2.24) is 0 Å².